The van der Waals surface area contributed by atoms with E-state index in [1.807, 2.05) is 12.1 Å². The van der Waals surface area contributed by atoms with Gasteiger partial charge in [-0.05, 0) is 50.3 Å². The minimum absolute atomic E-state index is 0.166. The number of rotatable bonds is 5. The number of benzene rings is 1. The molecular weight excluding hydrogens is 222 g/mol. The first kappa shape index (κ1) is 15.0. The Morgan fingerprint density at radius 1 is 1.11 bits per heavy atom. The lowest BCUT2D eigenvalue weighted by molar-refractivity contribution is 0.371. The number of hydrogen-bond acceptors (Lipinski definition) is 2. The zero-order valence-electron chi connectivity index (χ0n) is 12.6. The summed E-state index contributed by atoms with van der Waals surface area (Å²) in [7, 11) is 1.70. The lowest BCUT2D eigenvalue weighted by Crippen LogP contribution is -2.39. The molecule has 0 amide bonds. The fourth-order valence-electron chi connectivity index (χ4n) is 2.01. The number of nitrogens with one attached hydrogen (secondary N) is 1. The highest BCUT2D eigenvalue weighted by Crippen LogP contribution is 2.26. The topological polar surface area (TPSA) is 21.3 Å². The van der Waals surface area contributed by atoms with Crippen LogP contribution in [0.1, 0.15) is 46.1 Å². The molecule has 1 aromatic rings. The van der Waals surface area contributed by atoms with E-state index < -0.39 is 0 Å². The van der Waals surface area contributed by atoms with Crippen molar-refractivity contribution in [2.45, 2.75) is 46.1 Å². The molecule has 0 aliphatic heterocycles. The molecule has 0 saturated carbocycles. The lowest BCUT2D eigenvalue weighted by atomic mass is 9.87. The molecule has 1 rings (SSSR count). The summed E-state index contributed by atoms with van der Waals surface area (Å²) < 4.78 is 5.21. The molecule has 0 heterocycles. The van der Waals surface area contributed by atoms with Crippen molar-refractivity contribution in [2.24, 2.45) is 5.92 Å². The van der Waals surface area contributed by atoms with Crippen LogP contribution in [-0.2, 0) is 0 Å². The molecular formula is C16H27NO. The molecule has 0 spiro atoms. The summed E-state index contributed by atoms with van der Waals surface area (Å²) >= 11 is 0. The summed E-state index contributed by atoms with van der Waals surface area (Å²) in [6.07, 6.45) is 0. The number of methoxy groups -OCH3 is 1. The van der Waals surface area contributed by atoms with Crippen molar-refractivity contribution in [3.05, 3.63) is 29.8 Å². The van der Waals surface area contributed by atoms with Crippen LogP contribution in [0, 0.1) is 5.92 Å². The Bertz CT molecular complexity index is 348. The zero-order valence-corrected chi connectivity index (χ0v) is 12.6. The Labute approximate surface area is 112 Å². The van der Waals surface area contributed by atoms with Gasteiger partial charge in [-0.2, -0.15) is 0 Å². The minimum Gasteiger partial charge on any atom is -0.497 e. The minimum atomic E-state index is 0.166. The van der Waals surface area contributed by atoms with Crippen LogP contribution in [0.15, 0.2) is 24.3 Å². The van der Waals surface area contributed by atoms with Crippen molar-refractivity contribution in [1.29, 1.82) is 0 Å². The van der Waals surface area contributed by atoms with E-state index in [0.717, 1.165) is 12.3 Å². The smallest absolute Gasteiger partial charge is 0.118 e. The summed E-state index contributed by atoms with van der Waals surface area (Å²) in [5.74, 6) is 2.08. The highest BCUT2D eigenvalue weighted by Gasteiger charge is 2.18. The largest absolute Gasteiger partial charge is 0.497 e. The lowest BCUT2D eigenvalue weighted by Gasteiger charge is -2.28. The molecule has 102 valence electrons. The van der Waals surface area contributed by atoms with Crippen molar-refractivity contribution < 1.29 is 4.74 Å². The van der Waals surface area contributed by atoms with E-state index in [9.17, 15) is 0 Å². The summed E-state index contributed by atoms with van der Waals surface area (Å²) in [5, 5.41) is 3.60. The fourth-order valence-corrected chi connectivity index (χ4v) is 2.01. The molecule has 2 nitrogen and oxygen atoms in total. The molecule has 0 aliphatic carbocycles. The van der Waals surface area contributed by atoms with E-state index >= 15 is 0 Å². The Hall–Kier alpha value is -1.02. The van der Waals surface area contributed by atoms with E-state index in [1.54, 1.807) is 7.11 Å². The van der Waals surface area contributed by atoms with Crippen molar-refractivity contribution >= 4 is 0 Å². The van der Waals surface area contributed by atoms with Gasteiger partial charge in [0.1, 0.15) is 5.75 Å². The normalized spacial score (nSPS) is 13.7. The van der Waals surface area contributed by atoms with Gasteiger partial charge >= 0.3 is 0 Å². The summed E-state index contributed by atoms with van der Waals surface area (Å²) in [6, 6.07) is 8.44. The molecule has 0 saturated heterocycles. The maximum Gasteiger partial charge on any atom is 0.118 e. The maximum atomic E-state index is 5.21. The van der Waals surface area contributed by atoms with E-state index in [1.165, 1.54) is 5.56 Å². The average molecular weight is 249 g/mol. The third-order valence-electron chi connectivity index (χ3n) is 3.20. The first-order chi connectivity index (χ1) is 8.33. The van der Waals surface area contributed by atoms with E-state index in [2.05, 4.69) is 52.1 Å². The van der Waals surface area contributed by atoms with E-state index in [0.29, 0.717) is 11.8 Å². The van der Waals surface area contributed by atoms with Crippen LogP contribution in [-0.4, -0.2) is 19.2 Å². The van der Waals surface area contributed by atoms with Crippen molar-refractivity contribution in [3.63, 3.8) is 0 Å². The van der Waals surface area contributed by atoms with Gasteiger partial charge in [0, 0.05) is 12.1 Å². The predicted molar refractivity (Wildman–Crippen MR) is 78.3 cm³/mol. The second-order valence-corrected chi connectivity index (χ2v) is 6.25. The van der Waals surface area contributed by atoms with Crippen LogP contribution >= 0.6 is 0 Å². The van der Waals surface area contributed by atoms with Gasteiger partial charge in [0.05, 0.1) is 7.11 Å². The average Bonchev–Trinajstić information content (AvgIpc) is 2.28. The Morgan fingerprint density at radius 2 is 1.67 bits per heavy atom. The second kappa shape index (κ2) is 6.24. The van der Waals surface area contributed by atoms with Gasteiger partial charge in [0.2, 0.25) is 0 Å². The van der Waals surface area contributed by atoms with Crippen LogP contribution < -0.4 is 10.1 Å². The maximum absolute atomic E-state index is 5.21. The molecule has 0 radical (unpaired) electrons. The molecule has 1 unspecified atom stereocenters. The molecule has 1 atom stereocenters. The van der Waals surface area contributed by atoms with Crippen LogP contribution in [0.3, 0.4) is 0 Å². The molecule has 1 aromatic carbocycles. The fraction of sp³-hybridized carbons (Fsp3) is 0.625. The zero-order chi connectivity index (χ0) is 13.8. The van der Waals surface area contributed by atoms with Gasteiger partial charge in [-0.1, -0.05) is 26.0 Å². The summed E-state index contributed by atoms with van der Waals surface area (Å²) in [6.45, 7) is 12.2. The first-order valence-electron chi connectivity index (χ1n) is 6.72. The van der Waals surface area contributed by atoms with E-state index in [-0.39, 0.29) is 5.54 Å². The molecule has 0 fully saturated rings. The Morgan fingerprint density at radius 3 is 2.06 bits per heavy atom. The third kappa shape index (κ3) is 4.69. The highest BCUT2D eigenvalue weighted by atomic mass is 16.5. The van der Waals surface area contributed by atoms with Crippen LogP contribution in [0.25, 0.3) is 0 Å². The van der Waals surface area contributed by atoms with Crippen molar-refractivity contribution in [2.75, 3.05) is 13.7 Å². The second-order valence-electron chi connectivity index (χ2n) is 6.25. The molecule has 18 heavy (non-hydrogen) atoms. The first-order valence-corrected chi connectivity index (χ1v) is 6.72. The Kier molecular flexibility index (Phi) is 5.21. The molecule has 2 heteroatoms. The van der Waals surface area contributed by atoms with E-state index in [4.69, 9.17) is 4.74 Å². The third-order valence-corrected chi connectivity index (χ3v) is 3.20. The number of hydrogen-bond donors (Lipinski definition) is 1. The monoisotopic (exact) mass is 249 g/mol. The van der Waals surface area contributed by atoms with Gasteiger partial charge < -0.3 is 10.1 Å². The van der Waals surface area contributed by atoms with Gasteiger partial charge in [0.15, 0.2) is 0 Å². The molecule has 0 aromatic heterocycles. The quantitative estimate of drug-likeness (QED) is 0.856. The van der Waals surface area contributed by atoms with Crippen LogP contribution in [0.4, 0.5) is 0 Å². The standard InChI is InChI=1S/C16H27NO/c1-12(2)15(11-17-16(3,4)5)13-7-9-14(18-6)10-8-13/h7-10,12,15,17H,11H2,1-6H3. The van der Waals surface area contributed by atoms with Gasteiger partial charge in [-0.3, -0.25) is 0 Å². The SMILES string of the molecule is COc1ccc(C(CNC(C)(C)C)C(C)C)cc1. The van der Waals surface area contributed by atoms with Gasteiger partial charge in [0.25, 0.3) is 0 Å². The molecule has 0 aliphatic rings. The number of ether oxygens (including phenoxy) is 1. The summed E-state index contributed by atoms with van der Waals surface area (Å²) in [5.41, 5.74) is 1.54. The van der Waals surface area contributed by atoms with Gasteiger partial charge in [-0.25, -0.2) is 0 Å². The van der Waals surface area contributed by atoms with Crippen molar-refractivity contribution in [1.82, 2.24) is 5.32 Å². The van der Waals surface area contributed by atoms with Crippen LogP contribution in [0.2, 0.25) is 0 Å². The summed E-state index contributed by atoms with van der Waals surface area (Å²) in [4.78, 5) is 0. The molecule has 1 N–H and O–H groups in total. The highest BCUT2D eigenvalue weighted by molar-refractivity contribution is 5.29. The predicted octanol–water partition coefficient (Wildman–Crippen LogP) is 3.82. The Balaban J connectivity index is 2.77. The van der Waals surface area contributed by atoms with Gasteiger partial charge in [-0.15, -0.1) is 0 Å². The molecule has 0 bridgehead atoms. The van der Waals surface area contributed by atoms with Crippen LogP contribution in [0.5, 0.6) is 5.75 Å². The van der Waals surface area contributed by atoms with Crippen molar-refractivity contribution in [3.8, 4) is 5.75 Å².